The van der Waals surface area contributed by atoms with Gasteiger partial charge in [0.1, 0.15) is 0 Å². The Morgan fingerprint density at radius 1 is 1.45 bits per heavy atom. The first-order valence-electron chi connectivity index (χ1n) is 4.10. The summed E-state index contributed by atoms with van der Waals surface area (Å²) in [4.78, 5) is 0. The zero-order valence-electron chi connectivity index (χ0n) is 6.84. The Balaban J connectivity index is 2.43. The maximum Gasteiger partial charge on any atom is 0.238 e. The van der Waals surface area contributed by atoms with Crippen LogP contribution < -0.4 is 0 Å². The highest BCUT2D eigenvalue weighted by Crippen LogP contribution is 2.32. The SMILES string of the molecule is CCC(S)(S)[Si]1CCCCO1. The standard InChI is InChI=1S/C7H15OS2Si/c1-2-7(9,10)11-6-4-3-5-8-11/h9-10H,2-6H2,1H3. The molecule has 11 heavy (non-hydrogen) atoms. The van der Waals surface area contributed by atoms with Gasteiger partial charge in [0.15, 0.2) is 0 Å². The molecule has 4 heteroatoms. The third-order valence-electron chi connectivity index (χ3n) is 2.01. The van der Waals surface area contributed by atoms with Crippen LogP contribution in [0.3, 0.4) is 0 Å². The van der Waals surface area contributed by atoms with Gasteiger partial charge in [0, 0.05) is 6.61 Å². The summed E-state index contributed by atoms with van der Waals surface area (Å²) in [6, 6.07) is 1.21. The van der Waals surface area contributed by atoms with Crippen molar-refractivity contribution in [3.05, 3.63) is 0 Å². The first-order chi connectivity index (χ1) is 5.17. The number of hydrogen-bond acceptors (Lipinski definition) is 3. The van der Waals surface area contributed by atoms with E-state index in [1.165, 1.54) is 18.9 Å². The van der Waals surface area contributed by atoms with Crippen LogP contribution in [0.15, 0.2) is 0 Å². The van der Waals surface area contributed by atoms with Crippen molar-refractivity contribution in [3.8, 4) is 0 Å². The topological polar surface area (TPSA) is 9.23 Å². The predicted octanol–water partition coefficient (Wildman–Crippen LogP) is 2.29. The summed E-state index contributed by atoms with van der Waals surface area (Å²) in [5.41, 5.74) is 0. The molecule has 1 aliphatic rings. The fourth-order valence-electron chi connectivity index (χ4n) is 1.17. The van der Waals surface area contributed by atoms with Crippen molar-refractivity contribution in [3.63, 3.8) is 0 Å². The molecule has 0 spiro atoms. The number of rotatable bonds is 2. The number of thiol groups is 2. The first-order valence-corrected chi connectivity index (χ1v) is 6.61. The van der Waals surface area contributed by atoms with E-state index in [2.05, 4.69) is 32.2 Å². The fraction of sp³-hybridized carbons (Fsp3) is 1.00. The van der Waals surface area contributed by atoms with Crippen LogP contribution in [0.1, 0.15) is 26.2 Å². The molecule has 1 heterocycles. The van der Waals surface area contributed by atoms with Crippen LogP contribution in [-0.4, -0.2) is 19.3 Å². The third kappa shape index (κ3) is 2.68. The van der Waals surface area contributed by atoms with Crippen molar-refractivity contribution in [2.75, 3.05) is 6.61 Å². The monoisotopic (exact) mass is 207 g/mol. The molecule has 0 aromatic heterocycles. The van der Waals surface area contributed by atoms with Gasteiger partial charge in [0.25, 0.3) is 0 Å². The van der Waals surface area contributed by atoms with E-state index >= 15 is 0 Å². The van der Waals surface area contributed by atoms with Gasteiger partial charge in [-0.2, -0.15) is 25.3 Å². The summed E-state index contributed by atoms with van der Waals surface area (Å²) < 4.78 is 5.56. The zero-order chi connectivity index (χ0) is 8.32. The smallest absolute Gasteiger partial charge is 0.238 e. The highest BCUT2D eigenvalue weighted by Gasteiger charge is 2.35. The maximum absolute atomic E-state index is 5.68. The lowest BCUT2D eigenvalue weighted by Crippen LogP contribution is -2.40. The third-order valence-corrected chi connectivity index (χ3v) is 6.75. The summed E-state index contributed by atoms with van der Waals surface area (Å²) in [6.45, 7) is 3.05. The molecule has 1 radical (unpaired) electrons. The molecule has 0 unspecified atom stereocenters. The summed E-state index contributed by atoms with van der Waals surface area (Å²) >= 11 is 9.03. The van der Waals surface area contributed by atoms with E-state index in [-0.39, 0.29) is 3.70 Å². The maximum atomic E-state index is 5.68. The Kier molecular flexibility index (Phi) is 3.81. The highest BCUT2D eigenvalue weighted by molar-refractivity contribution is 8.03. The molecule has 0 bridgehead atoms. The summed E-state index contributed by atoms with van der Waals surface area (Å²) in [7, 11) is -0.747. The second-order valence-corrected chi connectivity index (χ2v) is 8.11. The van der Waals surface area contributed by atoms with Crippen LogP contribution in [0, 0.1) is 0 Å². The van der Waals surface area contributed by atoms with E-state index in [1.54, 1.807) is 0 Å². The Morgan fingerprint density at radius 3 is 2.64 bits per heavy atom. The molecule has 1 aliphatic heterocycles. The van der Waals surface area contributed by atoms with Crippen LogP contribution in [0.5, 0.6) is 0 Å². The lowest BCUT2D eigenvalue weighted by molar-refractivity contribution is 0.283. The Labute approximate surface area is 81.4 Å². The average Bonchev–Trinajstić information content (AvgIpc) is 2.06. The van der Waals surface area contributed by atoms with Crippen molar-refractivity contribution in [1.82, 2.24) is 0 Å². The lowest BCUT2D eigenvalue weighted by atomic mass is 10.4. The zero-order valence-corrected chi connectivity index (χ0v) is 9.63. The van der Waals surface area contributed by atoms with Gasteiger partial charge < -0.3 is 4.43 Å². The van der Waals surface area contributed by atoms with Crippen molar-refractivity contribution in [2.24, 2.45) is 0 Å². The molecule has 0 atom stereocenters. The van der Waals surface area contributed by atoms with Gasteiger partial charge in [-0.05, 0) is 18.9 Å². The fourth-order valence-corrected chi connectivity index (χ4v) is 4.36. The molecular weight excluding hydrogens is 192 g/mol. The molecule has 1 rings (SSSR count). The van der Waals surface area contributed by atoms with Crippen molar-refractivity contribution >= 4 is 34.3 Å². The Morgan fingerprint density at radius 2 is 2.18 bits per heavy atom. The molecule has 1 saturated heterocycles. The molecule has 0 aromatic rings. The van der Waals surface area contributed by atoms with Gasteiger partial charge in [-0.15, -0.1) is 0 Å². The van der Waals surface area contributed by atoms with Gasteiger partial charge in [-0.1, -0.05) is 13.3 Å². The predicted molar refractivity (Wildman–Crippen MR) is 56.7 cm³/mol. The quantitative estimate of drug-likeness (QED) is 0.401. The number of hydrogen-bond donors (Lipinski definition) is 2. The molecular formula is C7H15OS2Si. The van der Waals surface area contributed by atoms with Crippen LogP contribution in [0.2, 0.25) is 6.04 Å². The van der Waals surface area contributed by atoms with Gasteiger partial charge in [0.2, 0.25) is 9.04 Å². The van der Waals surface area contributed by atoms with Crippen molar-refractivity contribution < 1.29 is 4.43 Å². The molecule has 1 nitrogen and oxygen atoms in total. The molecule has 1 fully saturated rings. The molecule has 0 aliphatic carbocycles. The minimum Gasteiger partial charge on any atom is -0.414 e. The first kappa shape index (κ1) is 9.96. The van der Waals surface area contributed by atoms with E-state index in [4.69, 9.17) is 4.43 Å². The van der Waals surface area contributed by atoms with Gasteiger partial charge in [0.05, 0.1) is 3.70 Å². The van der Waals surface area contributed by atoms with Gasteiger partial charge in [-0.3, -0.25) is 0 Å². The molecule has 0 N–H and O–H groups in total. The summed E-state index contributed by atoms with van der Waals surface area (Å²) in [5.74, 6) is 0. The second-order valence-electron chi connectivity index (χ2n) is 2.90. The van der Waals surface area contributed by atoms with Crippen LogP contribution >= 0.6 is 25.3 Å². The highest BCUT2D eigenvalue weighted by atomic mass is 32.2. The normalized spacial score (nSPS) is 22.1. The van der Waals surface area contributed by atoms with E-state index in [1.807, 2.05) is 0 Å². The van der Waals surface area contributed by atoms with Gasteiger partial charge >= 0.3 is 0 Å². The van der Waals surface area contributed by atoms with E-state index in [0.717, 1.165) is 13.0 Å². The van der Waals surface area contributed by atoms with Crippen molar-refractivity contribution in [2.45, 2.75) is 35.9 Å². The molecule has 0 amide bonds. The van der Waals surface area contributed by atoms with Crippen LogP contribution in [0.25, 0.3) is 0 Å². The average molecular weight is 207 g/mol. The van der Waals surface area contributed by atoms with E-state index < -0.39 is 9.04 Å². The molecule has 0 aromatic carbocycles. The lowest BCUT2D eigenvalue weighted by Gasteiger charge is -2.31. The minimum absolute atomic E-state index is 0.120. The minimum atomic E-state index is -0.747. The largest absolute Gasteiger partial charge is 0.414 e. The summed E-state index contributed by atoms with van der Waals surface area (Å²) in [6.07, 6.45) is 3.51. The molecule has 65 valence electrons. The van der Waals surface area contributed by atoms with E-state index in [9.17, 15) is 0 Å². The van der Waals surface area contributed by atoms with Crippen molar-refractivity contribution in [1.29, 1.82) is 0 Å². The van der Waals surface area contributed by atoms with Gasteiger partial charge in [-0.25, -0.2) is 0 Å². The molecule has 0 saturated carbocycles. The second kappa shape index (κ2) is 4.21. The summed E-state index contributed by atoms with van der Waals surface area (Å²) in [5, 5.41) is 0. The Hall–Kier alpha value is 0.877. The van der Waals surface area contributed by atoms with E-state index in [0.29, 0.717) is 0 Å². The van der Waals surface area contributed by atoms with Crippen LogP contribution in [-0.2, 0) is 4.43 Å². The Bertz CT molecular complexity index is 124. The van der Waals surface area contributed by atoms with Crippen LogP contribution in [0.4, 0.5) is 0 Å².